The Bertz CT molecular complexity index is 930. The molecule has 7 heteroatoms. The van der Waals surface area contributed by atoms with E-state index in [4.69, 9.17) is 14.6 Å². The van der Waals surface area contributed by atoms with Crippen LogP contribution in [0.4, 0.5) is 0 Å². The highest BCUT2D eigenvalue weighted by molar-refractivity contribution is 14.1. The first-order valence-electron chi connectivity index (χ1n) is 9.33. The molecule has 0 spiro atoms. The van der Waals surface area contributed by atoms with Gasteiger partial charge in [0.05, 0.1) is 24.0 Å². The molecule has 1 aliphatic rings. The maximum absolute atomic E-state index is 6.02. The van der Waals surface area contributed by atoms with E-state index < -0.39 is 0 Å². The van der Waals surface area contributed by atoms with E-state index in [1.807, 2.05) is 17.7 Å². The van der Waals surface area contributed by atoms with Crippen LogP contribution in [0.15, 0.2) is 24.4 Å². The molecule has 1 aromatic carbocycles. The number of nitrogens with zero attached hydrogens (tertiary/aromatic N) is 4. The lowest BCUT2D eigenvalue weighted by atomic mass is 10.1. The highest BCUT2D eigenvalue weighted by Crippen LogP contribution is 2.31. The number of ether oxygens (including phenoxy) is 2. The summed E-state index contributed by atoms with van der Waals surface area (Å²) in [6.45, 7) is 5.47. The van der Waals surface area contributed by atoms with Crippen LogP contribution in [0.1, 0.15) is 42.3 Å². The van der Waals surface area contributed by atoms with Gasteiger partial charge in [0.2, 0.25) is 0 Å². The van der Waals surface area contributed by atoms with Crippen LogP contribution < -0.4 is 4.74 Å². The van der Waals surface area contributed by atoms with Crippen molar-refractivity contribution in [2.24, 2.45) is 0 Å². The normalized spacial score (nSPS) is 17.4. The van der Waals surface area contributed by atoms with E-state index in [1.54, 1.807) is 6.20 Å². The van der Waals surface area contributed by atoms with Gasteiger partial charge in [0.15, 0.2) is 6.23 Å². The van der Waals surface area contributed by atoms with Crippen LogP contribution in [0.2, 0.25) is 0 Å². The predicted octanol–water partition coefficient (Wildman–Crippen LogP) is 4.37. The lowest BCUT2D eigenvalue weighted by molar-refractivity contribution is -0.0368. The van der Waals surface area contributed by atoms with Crippen LogP contribution in [-0.4, -0.2) is 33.2 Å². The monoisotopic (exact) mass is 478 g/mol. The zero-order chi connectivity index (χ0) is 18.8. The van der Waals surface area contributed by atoms with Gasteiger partial charge < -0.3 is 9.47 Å². The fourth-order valence-electron chi connectivity index (χ4n) is 3.58. The molecule has 3 heterocycles. The van der Waals surface area contributed by atoms with Crippen LogP contribution in [0.3, 0.4) is 0 Å². The Kier molecular flexibility index (Phi) is 5.58. The van der Waals surface area contributed by atoms with Crippen molar-refractivity contribution in [3.05, 3.63) is 44.9 Å². The largest absolute Gasteiger partial charge is 0.493 e. The molecular formula is C20H23IN4O2. The van der Waals surface area contributed by atoms with Crippen molar-refractivity contribution >= 4 is 33.5 Å². The minimum Gasteiger partial charge on any atom is -0.493 e. The summed E-state index contributed by atoms with van der Waals surface area (Å²) in [7, 11) is 0. The molecule has 1 aliphatic heterocycles. The lowest BCUT2D eigenvalue weighted by Crippen LogP contribution is -2.19. The number of hydrogen-bond donors (Lipinski definition) is 0. The first-order valence-corrected chi connectivity index (χ1v) is 10.4. The van der Waals surface area contributed by atoms with Gasteiger partial charge in [-0.25, -0.2) is 4.68 Å². The summed E-state index contributed by atoms with van der Waals surface area (Å²) in [5, 5.41) is 13.9. The Labute approximate surface area is 172 Å². The van der Waals surface area contributed by atoms with E-state index >= 15 is 0 Å². The number of fused-ring (bicyclic) bond motifs is 1. The van der Waals surface area contributed by atoms with E-state index in [1.165, 1.54) is 12.0 Å². The zero-order valence-electron chi connectivity index (χ0n) is 15.6. The summed E-state index contributed by atoms with van der Waals surface area (Å²) in [4.78, 5) is 0. The number of aryl methyl sites for hydroxylation is 2. The zero-order valence-corrected chi connectivity index (χ0v) is 17.8. The van der Waals surface area contributed by atoms with E-state index in [0.717, 1.165) is 57.5 Å². The van der Waals surface area contributed by atoms with E-state index in [-0.39, 0.29) is 6.23 Å². The number of rotatable bonds is 5. The number of benzene rings is 1. The molecule has 4 rings (SSSR count). The van der Waals surface area contributed by atoms with Crippen LogP contribution in [-0.2, 0) is 11.2 Å². The standard InChI is InChI=1S/C20H23IN4O2/c1-13-12-22-23-14(2)16(13)8-10-26-15-6-7-18-17(11-15)20(21)24-25(18)19-5-3-4-9-27-19/h6-7,11-12,19H,3-5,8-10H2,1-2H3. The number of halogens is 1. The average molecular weight is 478 g/mol. The molecule has 3 aromatic rings. The third kappa shape index (κ3) is 3.94. The van der Waals surface area contributed by atoms with E-state index in [2.05, 4.69) is 51.8 Å². The third-order valence-electron chi connectivity index (χ3n) is 5.05. The molecule has 1 atom stereocenters. The summed E-state index contributed by atoms with van der Waals surface area (Å²) < 4.78 is 14.9. The van der Waals surface area contributed by atoms with Gasteiger partial charge >= 0.3 is 0 Å². The van der Waals surface area contributed by atoms with Gasteiger partial charge in [0.25, 0.3) is 0 Å². The molecule has 1 fully saturated rings. The summed E-state index contributed by atoms with van der Waals surface area (Å²) >= 11 is 2.29. The molecule has 0 saturated carbocycles. The van der Waals surface area contributed by atoms with Gasteiger partial charge in [-0.2, -0.15) is 15.3 Å². The van der Waals surface area contributed by atoms with Crippen LogP contribution in [0.5, 0.6) is 5.75 Å². The lowest BCUT2D eigenvalue weighted by Gasteiger charge is -2.23. The molecule has 1 saturated heterocycles. The third-order valence-corrected chi connectivity index (χ3v) is 5.85. The fourth-order valence-corrected chi connectivity index (χ4v) is 4.25. The van der Waals surface area contributed by atoms with Crippen LogP contribution in [0, 0.1) is 17.5 Å². The van der Waals surface area contributed by atoms with Crippen molar-refractivity contribution in [2.45, 2.75) is 45.8 Å². The molecule has 0 bridgehead atoms. The second-order valence-corrected chi connectivity index (χ2v) is 7.95. The van der Waals surface area contributed by atoms with Gasteiger partial charge in [-0.15, -0.1) is 0 Å². The summed E-state index contributed by atoms with van der Waals surface area (Å²) in [5.74, 6) is 0.863. The smallest absolute Gasteiger partial charge is 0.150 e. The van der Waals surface area contributed by atoms with E-state index in [0.29, 0.717) is 6.61 Å². The van der Waals surface area contributed by atoms with Gasteiger partial charge in [0, 0.05) is 18.4 Å². The maximum Gasteiger partial charge on any atom is 0.150 e. The first-order chi connectivity index (χ1) is 13.1. The van der Waals surface area contributed by atoms with Gasteiger partial charge in [-0.1, -0.05) is 0 Å². The molecule has 142 valence electrons. The minimum atomic E-state index is 0.0432. The van der Waals surface area contributed by atoms with Crippen molar-refractivity contribution in [1.82, 2.24) is 20.0 Å². The molecule has 1 unspecified atom stereocenters. The maximum atomic E-state index is 6.02. The predicted molar refractivity (Wildman–Crippen MR) is 112 cm³/mol. The topological polar surface area (TPSA) is 62.1 Å². The SMILES string of the molecule is Cc1cnnc(C)c1CCOc1ccc2c(c1)c(I)nn2C1CCCCO1. The van der Waals surface area contributed by atoms with Crippen molar-refractivity contribution in [1.29, 1.82) is 0 Å². The second-order valence-electron chi connectivity index (χ2n) is 6.93. The Morgan fingerprint density at radius 3 is 2.96 bits per heavy atom. The molecule has 6 nitrogen and oxygen atoms in total. The van der Waals surface area contributed by atoms with Crippen LogP contribution in [0.25, 0.3) is 10.9 Å². The Morgan fingerprint density at radius 1 is 1.30 bits per heavy atom. The van der Waals surface area contributed by atoms with Gasteiger partial charge in [-0.3, -0.25) is 0 Å². The number of aromatic nitrogens is 4. The van der Waals surface area contributed by atoms with E-state index in [9.17, 15) is 0 Å². The van der Waals surface area contributed by atoms with Crippen molar-refractivity contribution in [3.63, 3.8) is 0 Å². The number of hydrogen-bond acceptors (Lipinski definition) is 5. The Hall–Kier alpha value is -1.74. The summed E-state index contributed by atoms with van der Waals surface area (Å²) in [6.07, 6.45) is 6.00. The average Bonchev–Trinajstić information content (AvgIpc) is 3.01. The summed E-state index contributed by atoms with van der Waals surface area (Å²) in [5.41, 5.74) is 4.44. The van der Waals surface area contributed by atoms with Crippen molar-refractivity contribution in [3.8, 4) is 5.75 Å². The molecule has 27 heavy (non-hydrogen) atoms. The summed E-state index contributed by atoms with van der Waals surface area (Å²) in [6, 6.07) is 6.18. The highest BCUT2D eigenvalue weighted by Gasteiger charge is 2.20. The molecule has 2 aromatic heterocycles. The van der Waals surface area contributed by atoms with Gasteiger partial charge in [-0.05, 0) is 85.0 Å². The Balaban J connectivity index is 1.49. The minimum absolute atomic E-state index is 0.0432. The second kappa shape index (κ2) is 8.10. The Morgan fingerprint density at radius 2 is 2.19 bits per heavy atom. The highest BCUT2D eigenvalue weighted by atomic mass is 127. The molecule has 0 aliphatic carbocycles. The molecule has 0 N–H and O–H groups in total. The van der Waals surface area contributed by atoms with Crippen LogP contribution >= 0.6 is 22.6 Å². The quantitative estimate of drug-likeness (QED) is 0.510. The van der Waals surface area contributed by atoms with Crippen molar-refractivity contribution < 1.29 is 9.47 Å². The molecule has 0 radical (unpaired) electrons. The van der Waals surface area contributed by atoms with Crippen molar-refractivity contribution in [2.75, 3.05) is 13.2 Å². The first kappa shape index (κ1) is 18.6. The molecular weight excluding hydrogens is 455 g/mol. The fraction of sp³-hybridized carbons (Fsp3) is 0.450. The van der Waals surface area contributed by atoms with Gasteiger partial charge in [0.1, 0.15) is 9.45 Å². The molecule has 0 amide bonds.